The van der Waals surface area contributed by atoms with Gasteiger partial charge in [0, 0.05) is 5.56 Å². The van der Waals surface area contributed by atoms with Crippen LogP contribution in [0.5, 0.6) is 0 Å². The molecule has 1 aliphatic rings. The summed E-state index contributed by atoms with van der Waals surface area (Å²) in [5.41, 5.74) is 1.24. The van der Waals surface area contributed by atoms with Crippen molar-refractivity contribution >= 4 is 15.9 Å². The van der Waals surface area contributed by atoms with Crippen LogP contribution in [0.3, 0.4) is 0 Å². The molecule has 0 bridgehead atoms. The molecule has 1 aromatic rings. The van der Waals surface area contributed by atoms with E-state index in [1.54, 1.807) is 0 Å². The molecule has 0 heterocycles. The maximum absolute atomic E-state index is 12.9. The molecule has 2 rings (SSSR count). The Morgan fingerprint density at radius 2 is 1.56 bits per heavy atom. The summed E-state index contributed by atoms with van der Waals surface area (Å²) >= 11 is 2.37. The third-order valence-corrected chi connectivity index (χ3v) is 3.77. The van der Waals surface area contributed by atoms with Gasteiger partial charge in [0.25, 0.3) is 0 Å². The Labute approximate surface area is 103 Å². The lowest BCUT2D eigenvalue weighted by Crippen LogP contribution is -2.06. The predicted molar refractivity (Wildman–Crippen MR) is 65.1 cm³/mol. The standard InChI is InChI=1S/C13H15BrF2/c14-13(15,16)12-8-6-11(7-9-12)10-4-2-1-3-5-10/h6-10H,1-5H2. The van der Waals surface area contributed by atoms with Crippen molar-refractivity contribution in [3.63, 3.8) is 0 Å². The van der Waals surface area contributed by atoms with Crippen molar-refractivity contribution in [3.05, 3.63) is 35.4 Å². The van der Waals surface area contributed by atoms with Crippen LogP contribution in [-0.2, 0) is 4.83 Å². The summed E-state index contributed by atoms with van der Waals surface area (Å²) in [4.78, 5) is -2.90. The van der Waals surface area contributed by atoms with Crippen LogP contribution in [0, 0.1) is 0 Å². The van der Waals surface area contributed by atoms with Gasteiger partial charge in [0.15, 0.2) is 0 Å². The van der Waals surface area contributed by atoms with E-state index in [-0.39, 0.29) is 5.56 Å². The fourth-order valence-corrected chi connectivity index (χ4v) is 2.64. The van der Waals surface area contributed by atoms with Crippen molar-refractivity contribution in [2.45, 2.75) is 42.9 Å². The molecule has 0 aliphatic heterocycles. The number of alkyl halides is 3. The van der Waals surface area contributed by atoms with Crippen molar-refractivity contribution in [2.75, 3.05) is 0 Å². The number of hydrogen-bond donors (Lipinski definition) is 0. The molecule has 1 saturated carbocycles. The molecular weight excluding hydrogens is 274 g/mol. The Kier molecular flexibility index (Phi) is 3.63. The van der Waals surface area contributed by atoms with E-state index in [0.29, 0.717) is 5.92 Å². The van der Waals surface area contributed by atoms with Gasteiger partial charge in [-0.3, -0.25) is 0 Å². The molecular formula is C13H15BrF2. The summed E-state index contributed by atoms with van der Waals surface area (Å²) in [6.45, 7) is 0. The molecule has 1 aromatic carbocycles. The molecule has 3 heteroatoms. The van der Waals surface area contributed by atoms with Gasteiger partial charge >= 0.3 is 4.83 Å². The van der Waals surface area contributed by atoms with Gasteiger partial charge in [-0.2, -0.15) is 8.78 Å². The minimum Gasteiger partial charge on any atom is -0.188 e. The van der Waals surface area contributed by atoms with Gasteiger partial charge in [-0.15, -0.1) is 0 Å². The molecule has 0 amide bonds. The molecule has 88 valence electrons. The predicted octanol–water partition coefficient (Wildman–Crippen LogP) is 5.18. The first kappa shape index (κ1) is 12.0. The minimum atomic E-state index is -2.90. The molecule has 0 spiro atoms. The lowest BCUT2D eigenvalue weighted by Gasteiger charge is -2.22. The van der Waals surface area contributed by atoms with Crippen LogP contribution in [0.25, 0.3) is 0 Å². The lowest BCUT2D eigenvalue weighted by molar-refractivity contribution is 0.114. The monoisotopic (exact) mass is 288 g/mol. The molecule has 0 N–H and O–H groups in total. The number of rotatable bonds is 2. The maximum atomic E-state index is 12.9. The van der Waals surface area contributed by atoms with Crippen molar-refractivity contribution < 1.29 is 8.78 Å². The summed E-state index contributed by atoms with van der Waals surface area (Å²) in [6, 6.07) is 6.75. The lowest BCUT2D eigenvalue weighted by atomic mass is 9.84. The Bertz CT molecular complexity index is 334. The highest BCUT2D eigenvalue weighted by molar-refractivity contribution is 9.09. The van der Waals surface area contributed by atoms with Crippen molar-refractivity contribution in [1.82, 2.24) is 0 Å². The van der Waals surface area contributed by atoms with Gasteiger partial charge in [0.05, 0.1) is 0 Å². The van der Waals surface area contributed by atoms with Crippen LogP contribution in [-0.4, -0.2) is 0 Å². The summed E-state index contributed by atoms with van der Waals surface area (Å²) < 4.78 is 25.9. The van der Waals surface area contributed by atoms with E-state index in [1.807, 2.05) is 12.1 Å². The highest BCUT2D eigenvalue weighted by atomic mass is 79.9. The highest BCUT2D eigenvalue weighted by Crippen LogP contribution is 2.37. The topological polar surface area (TPSA) is 0 Å². The quantitative estimate of drug-likeness (QED) is 0.658. The summed E-state index contributed by atoms with van der Waals surface area (Å²) in [5.74, 6) is 0.576. The fourth-order valence-electron chi connectivity index (χ4n) is 2.38. The first-order valence-electron chi connectivity index (χ1n) is 5.74. The minimum absolute atomic E-state index is 0.0343. The van der Waals surface area contributed by atoms with Gasteiger partial charge in [-0.25, -0.2) is 0 Å². The van der Waals surface area contributed by atoms with Crippen molar-refractivity contribution in [1.29, 1.82) is 0 Å². The Hall–Kier alpha value is -0.440. The molecule has 0 aromatic heterocycles. The molecule has 0 radical (unpaired) electrons. The first-order chi connectivity index (χ1) is 7.57. The molecule has 0 unspecified atom stereocenters. The second kappa shape index (κ2) is 4.82. The van der Waals surface area contributed by atoms with E-state index in [0.717, 1.165) is 0 Å². The molecule has 0 atom stereocenters. The van der Waals surface area contributed by atoms with Gasteiger partial charge in [-0.05, 0) is 40.3 Å². The van der Waals surface area contributed by atoms with Crippen molar-refractivity contribution in [3.8, 4) is 0 Å². The third kappa shape index (κ3) is 2.82. The normalized spacial score (nSPS) is 18.7. The molecule has 0 saturated heterocycles. The third-order valence-electron chi connectivity index (χ3n) is 3.31. The summed E-state index contributed by atoms with van der Waals surface area (Å²) in [5, 5.41) is 0. The first-order valence-corrected chi connectivity index (χ1v) is 6.54. The Morgan fingerprint density at radius 1 is 1.00 bits per heavy atom. The zero-order chi connectivity index (χ0) is 11.6. The number of halogens is 3. The van der Waals surface area contributed by atoms with E-state index in [9.17, 15) is 8.78 Å². The average Bonchev–Trinajstić information content (AvgIpc) is 2.29. The van der Waals surface area contributed by atoms with E-state index >= 15 is 0 Å². The van der Waals surface area contributed by atoms with Gasteiger partial charge in [-0.1, -0.05) is 43.5 Å². The van der Waals surface area contributed by atoms with E-state index in [4.69, 9.17) is 0 Å². The summed E-state index contributed by atoms with van der Waals surface area (Å²) in [6.07, 6.45) is 6.24. The molecule has 0 nitrogen and oxygen atoms in total. The number of hydrogen-bond acceptors (Lipinski definition) is 0. The van der Waals surface area contributed by atoms with Crippen LogP contribution in [0.1, 0.15) is 49.1 Å². The molecule has 1 fully saturated rings. The smallest absolute Gasteiger partial charge is 0.188 e. The van der Waals surface area contributed by atoms with Gasteiger partial charge in [0.1, 0.15) is 0 Å². The van der Waals surface area contributed by atoms with Gasteiger partial charge in [0.2, 0.25) is 0 Å². The second-order valence-electron chi connectivity index (χ2n) is 4.45. The highest BCUT2D eigenvalue weighted by Gasteiger charge is 2.27. The summed E-state index contributed by atoms with van der Waals surface area (Å²) in [7, 11) is 0. The maximum Gasteiger partial charge on any atom is 0.326 e. The van der Waals surface area contributed by atoms with Crippen LogP contribution >= 0.6 is 15.9 Å². The SMILES string of the molecule is FC(F)(Br)c1ccc(C2CCCCC2)cc1. The van der Waals surface area contributed by atoms with E-state index in [1.165, 1.54) is 49.8 Å². The van der Waals surface area contributed by atoms with E-state index < -0.39 is 4.83 Å². The van der Waals surface area contributed by atoms with Crippen LogP contribution in [0.2, 0.25) is 0 Å². The van der Waals surface area contributed by atoms with E-state index in [2.05, 4.69) is 15.9 Å². The van der Waals surface area contributed by atoms with Crippen LogP contribution in [0.4, 0.5) is 8.78 Å². The molecule has 16 heavy (non-hydrogen) atoms. The zero-order valence-corrected chi connectivity index (χ0v) is 10.6. The number of benzene rings is 1. The Morgan fingerprint density at radius 3 is 2.06 bits per heavy atom. The molecule has 1 aliphatic carbocycles. The van der Waals surface area contributed by atoms with Gasteiger partial charge < -0.3 is 0 Å². The Balaban J connectivity index is 2.12. The van der Waals surface area contributed by atoms with Crippen LogP contribution in [0.15, 0.2) is 24.3 Å². The largest absolute Gasteiger partial charge is 0.326 e. The average molecular weight is 289 g/mol. The van der Waals surface area contributed by atoms with Crippen LogP contribution < -0.4 is 0 Å². The second-order valence-corrected chi connectivity index (χ2v) is 5.45. The zero-order valence-electron chi connectivity index (χ0n) is 9.06. The fraction of sp³-hybridized carbons (Fsp3) is 0.538. The van der Waals surface area contributed by atoms with Crippen molar-refractivity contribution in [2.24, 2.45) is 0 Å².